The van der Waals surface area contributed by atoms with Crippen LogP contribution in [0.25, 0.3) is 18.2 Å². The van der Waals surface area contributed by atoms with Crippen molar-refractivity contribution >= 4 is 47.7 Å². The molecule has 0 spiro atoms. The summed E-state index contributed by atoms with van der Waals surface area (Å²) in [4.78, 5) is 61.1. The van der Waals surface area contributed by atoms with Crippen molar-refractivity contribution < 1.29 is 28.7 Å². The summed E-state index contributed by atoms with van der Waals surface area (Å²) in [6, 6.07) is 0. The average Bonchev–Trinajstić information content (AvgIpc) is 3.72. The number of carbonyl (C=O) groups is 4. The fourth-order valence-corrected chi connectivity index (χ4v) is 6.01. The summed E-state index contributed by atoms with van der Waals surface area (Å²) in [6.07, 6.45) is 13.3. The molecular weight excluding hydrogens is 620 g/mol. The monoisotopic (exact) mass is 664 g/mol. The van der Waals surface area contributed by atoms with Crippen LogP contribution in [0.4, 0.5) is 0 Å². The third-order valence-electron chi connectivity index (χ3n) is 8.83. The maximum absolute atomic E-state index is 12.5. The Kier molecular flexibility index (Phi) is 11.9. The highest BCUT2D eigenvalue weighted by atomic mass is 16.5. The number of H-pyrrole nitrogens is 2. The summed E-state index contributed by atoms with van der Waals surface area (Å²) in [5, 5.41) is 4.45. The summed E-state index contributed by atoms with van der Waals surface area (Å²) in [5.74, 6) is -1.37. The van der Waals surface area contributed by atoms with Crippen molar-refractivity contribution in [2.24, 2.45) is 10.9 Å². The number of nitrogens with zero attached hydrogens (tertiary/aromatic N) is 1. The minimum absolute atomic E-state index is 0.0638. The van der Waals surface area contributed by atoms with Gasteiger partial charge in [0.05, 0.1) is 11.6 Å². The fraction of sp³-hybridized carbons (Fsp3) is 0.308. The molecule has 10 nitrogen and oxygen atoms in total. The van der Waals surface area contributed by atoms with Crippen LogP contribution in [0, 0.1) is 19.8 Å². The number of ether oxygens (including phenoxy) is 2. The summed E-state index contributed by atoms with van der Waals surface area (Å²) in [6.45, 7) is 20.7. The van der Waals surface area contributed by atoms with Crippen LogP contribution in [0.5, 0.6) is 0 Å². The largest absolute Gasteiger partial charge is 0.461 e. The second kappa shape index (κ2) is 16.1. The number of amides is 2. The fourth-order valence-electron chi connectivity index (χ4n) is 6.01. The van der Waals surface area contributed by atoms with Crippen LogP contribution in [0.2, 0.25) is 0 Å². The quantitative estimate of drug-likeness (QED) is 0.202. The first kappa shape index (κ1) is 36.3. The molecule has 0 aromatic carbocycles. The number of aliphatic imine (C=N–C) groups is 1. The Morgan fingerprint density at radius 3 is 2.04 bits per heavy atom. The highest BCUT2D eigenvalue weighted by Gasteiger charge is 2.29. The normalized spacial score (nSPS) is 18.4. The van der Waals surface area contributed by atoms with Gasteiger partial charge in [0.2, 0.25) is 5.91 Å². The van der Waals surface area contributed by atoms with Crippen molar-refractivity contribution in [3.63, 3.8) is 0 Å². The lowest BCUT2D eigenvalue weighted by molar-refractivity contribution is -0.143. The Balaban J connectivity index is 1.87. The molecule has 49 heavy (non-hydrogen) atoms. The van der Waals surface area contributed by atoms with E-state index in [1.54, 1.807) is 0 Å². The van der Waals surface area contributed by atoms with Crippen LogP contribution in [-0.2, 0) is 41.5 Å². The van der Waals surface area contributed by atoms with Gasteiger partial charge in [-0.1, -0.05) is 44.0 Å². The third kappa shape index (κ3) is 8.14. The first-order chi connectivity index (χ1) is 23.4. The molecule has 256 valence electrons. The molecule has 4 heterocycles. The number of nitrogens with one attached hydrogen (secondary N) is 3. The summed E-state index contributed by atoms with van der Waals surface area (Å²) < 4.78 is 10.5. The molecule has 1 atom stereocenters. The Morgan fingerprint density at radius 2 is 1.47 bits per heavy atom. The standard InChI is InChI=1S/C39H44N4O6/c1-9-17-48-36(44)15-13-28-23(6)30(19-33-26(11-3)25(8)38(46)43-33)40-34(28)20-31-24(7)29(14-16-37(45)49-18-10-2)35(41-31)21-32-22(5)27(12-4)39(47)42-32/h9-12,19-21,25,40-41H,1-2,4,13-18H2,3,5-8H3,(H,43,46)/b26-11-,31-20-,33-19-,35-21-. The van der Waals surface area contributed by atoms with Crippen LogP contribution >= 0.6 is 0 Å². The molecule has 1 saturated heterocycles. The zero-order valence-electron chi connectivity index (χ0n) is 28.9. The molecule has 3 N–H and O–H groups in total. The second-order valence-corrected chi connectivity index (χ2v) is 11.9. The zero-order valence-corrected chi connectivity index (χ0v) is 28.9. The van der Waals surface area contributed by atoms with E-state index in [1.165, 1.54) is 18.2 Å². The van der Waals surface area contributed by atoms with Crippen LogP contribution < -0.4 is 16.0 Å². The Labute approximate surface area is 286 Å². The van der Waals surface area contributed by atoms with Gasteiger partial charge in [0, 0.05) is 46.2 Å². The van der Waals surface area contributed by atoms with Gasteiger partial charge in [-0.3, -0.25) is 19.2 Å². The van der Waals surface area contributed by atoms with E-state index in [0.29, 0.717) is 35.0 Å². The number of hydrogen-bond acceptors (Lipinski definition) is 6. The van der Waals surface area contributed by atoms with Crippen molar-refractivity contribution in [2.45, 2.75) is 60.3 Å². The molecule has 2 aliphatic rings. The minimum Gasteiger partial charge on any atom is -0.461 e. The lowest BCUT2D eigenvalue weighted by Gasteiger charge is -2.04. The summed E-state index contributed by atoms with van der Waals surface area (Å²) in [7, 11) is 0. The van der Waals surface area contributed by atoms with E-state index in [1.807, 2.05) is 58.9 Å². The second-order valence-electron chi connectivity index (χ2n) is 11.9. The third-order valence-corrected chi connectivity index (χ3v) is 8.83. The molecule has 1 unspecified atom stereocenters. The first-order valence-electron chi connectivity index (χ1n) is 16.2. The van der Waals surface area contributed by atoms with E-state index >= 15 is 0 Å². The van der Waals surface area contributed by atoms with Crippen molar-refractivity contribution in [3.05, 3.63) is 111 Å². The number of rotatable bonds is 14. The molecule has 2 aromatic rings. The van der Waals surface area contributed by atoms with Gasteiger partial charge < -0.3 is 24.8 Å². The Hall–Kier alpha value is -5.51. The van der Waals surface area contributed by atoms with Crippen LogP contribution in [0.1, 0.15) is 67.3 Å². The first-order valence-corrected chi connectivity index (χ1v) is 16.2. The van der Waals surface area contributed by atoms with Crippen LogP contribution in [-0.4, -0.2) is 52.6 Å². The molecule has 0 radical (unpaired) electrons. The molecule has 2 aliphatic heterocycles. The molecule has 0 bridgehead atoms. The zero-order chi connectivity index (χ0) is 35.8. The predicted molar refractivity (Wildman–Crippen MR) is 192 cm³/mol. The van der Waals surface area contributed by atoms with E-state index in [9.17, 15) is 19.2 Å². The van der Waals surface area contributed by atoms with Crippen molar-refractivity contribution in [3.8, 4) is 0 Å². The van der Waals surface area contributed by atoms with E-state index in [0.717, 1.165) is 50.3 Å². The smallest absolute Gasteiger partial charge is 0.306 e. The Morgan fingerprint density at radius 1 is 0.837 bits per heavy atom. The molecule has 2 aromatic heterocycles. The van der Waals surface area contributed by atoms with Gasteiger partial charge in [0.1, 0.15) is 13.2 Å². The van der Waals surface area contributed by atoms with Gasteiger partial charge in [-0.05, 0) is 99.1 Å². The number of aromatic amines is 2. The maximum atomic E-state index is 12.5. The molecule has 10 heteroatoms. The SMILES string of the molecule is C=CCOC(=O)CCc1c(/C=c2\[nH]/c(=C\C3=NC(=O)C(C=C)=C3C)c(CCC(=O)OCC=C)c2C)[nH]c(/C=C2\NC(=O)C(C)\C2=C\C)c1C. The van der Waals surface area contributed by atoms with E-state index in [-0.39, 0.29) is 55.7 Å². The predicted octanol–water partition coefficient (Wildman–Crippen LogP) is 4.43. The van der Waals surface area contributed by atoms with Crippen molar-refractivity contribution in [2.75, 3.05) is 13.2 Å². The molecule has 2 amide bonds. The summed E-state index contributed by atoms with van der Waals surface area (Å²) >= 11 is 0. The lowest BCUT2D eigenvalue weighted by atomic mass is 10.0. The van der Waals surface area contributed by atoms with Gasteiger partial charge >= 0.3 is 11.9 Å². The lowest BCUT2D eigenvalue weighted by Crippen LogP contribution is -2.16. The highest BCUT2D eigenvalue weighted by molar-refractivity contribution is 6.31. The molecule has 1 fully saturated rings. The van der Waals surface area contributed by atoms with Gasteiger partial charge in [-0.15, -0.1) is 0 Å². The van der Waals surface area contributed by atoms with Gasteiger partial charge in [-0.2, -0.15) is 0 Å². The van der Waals surface area contributed by atoms with E-state index in [2.05, 4.69) is 40.0 Å². The number of aromatic nitrogens is 2. The molecular formula is C39H44N4O6. The van der Waals surface area contributed by atoms with Crippen LogP contribution in [0.15, 0.2) is 71.4 Å². The topological polar surface area (TPSA) is 143 Å². The minimum atomic E-state index is -0.354. The van der Waals surface area contributed by atoms with Gasteiger partial charge in [0.25, 0.3) is 5.91 Å². The molecule has 0 saturated carbocycles. The van der Waals surface area contributed by atoms with E-state index < -0.39 is 0 Å². The summed E-state index contributed by atoms with van der Waals surface area (Å²) in [5.41, 5.74) is 8.48. The van der Waals surface area contributed by atoms with Crippen molar-refractivity contribution in [1.82, 2.24) is 15.3 Å². The highest BCUT2D eigenvalue weighted by Crippen LogP contribution is 2.29. The van der Waals surface area contributed by atoms with Gasteiger partial charge in [-0.25, -0.2) is 4.99 Å². The van der Waals surface area contributed by atoms with Crippen molar-refractivity contribution in [1.29, 1.82) is 0 Å². The number of esters is 2. The average molecular weight is 665 g/mol. The van der Waals surface area contributed by atoms with Gasteiger partial charge in [0.15, 0.2) is 0 Å². The number of carbonyl (C=O) groups excluding carboxylic acids is 4. The van der Waals surface area contributed by atoms with Crippen LogP contribution in [0.3, 0.4) is 0 Å². The molecule has 4 rings (SSSR count). The Bertz CT molecular complexity index is 1980. The molecule has 0 aliphatic carbocycles. The van der Waals surface area contributed by atoms with E-state index in [4.69, 9.17) is 9.47 Å². The number of allylic oxidation sites excluding steroid dienone is 3. The maximum Gasteiger partial charge on any atom is 0.306 e. The number of hydrogen-bond donors (Lipinski definition) is 3.